The summed E-state index contributed by atoms with van der Waals surface area (Å²) in [5.41, 5.74) is 1.52. The van der Waals surface area contributed by atoms with Gasteiger partial charge in [-0.2, -0.15) is 5.26 Å². The number of amides is 1. The molecule has 8 nitrogen and oxygen atoms in total. The minimum atomic E-state index is -1.15. The average Bonchev–Trinajstić information content (AvgIpc) is 3.15. The minimum absolute atomic E-state index is 0.00274. The fourth-order valence-corrected chi connectivity index (χ4v) is 4.00. The van der Waals surface area contributed by atoms with E-state index in [1.54, 1.807) is 24.3 Å². The highest BCUT2D eigenvalue weighted by atomic mass is 16.5. The van der Waals surface area contributed by atoms with Gasteiger partial charge in [-0.3, -0.25) is 4.79 Å². The largest absolute Gasteiger partial charge is 0.475 e. The first-order valence-corrected chi connectivity index (χ1v) is 8.73. The summed E-state index contributed by atoms with van der Waals surface area (Å²) < 4.78 is 4.87. The molecule has 2 heterocycles. The van der Waals surface area contributed by atoms with Crippen LogP contribution in [0.25, 0.3) is 0 Å². The summed E-state index contributed by atoms with van der Waals surface area (Å²) in [6.45, 7) is 1.88. The highest BCUT2D eigenvalue weighted by molar-refractivity contribution is 5.87. The summed E-state index contributed by atoms with van der Waals surface area (Å²) in [6.07, 6.45) is 2.37. The lowest BCUT2D eigenvalue weighted by Gasteiger charge is -2.38. The van der Waals surface area contributed by atoms with Crippen molar-refractivity contribution in [3.63, 3.8) is 0 Å². The quantitative estimate of drug-likeness (QED) is 0.833. The lowest BCUT2D eigenvalue weighted by atomic mass is 10.0. The number of nitrogens with zero attached hydrogens (tertiary/aromatic N) is 3. The Morgan fingerprint density at radius 1 is 1.41 bits per heavy atom. The number of carbonyl (C=O) groups excluding carboxylic acids is 1. The Labute approximate surface area is 155 Å². The maximum atomic E-state index is 13.0. The number of aromatic nitrogens is 1. The third-order valence-electron chi connectivity index (χ3n) is 5.43. The van der Waals surface area contributed by atoms with E-state index in [2.05, 4.69) is 16.5 Å². The monoisotopic (exact) mass is 366 g/mol. The fraction of sp³-hybridized carbons (Fsp3) is 0.368. The first kappa shape index (κ1) is 17.2. The molecule has 1 aromatic heterocycles. The van der Waals surface area contributed by atoms with E-state index in [1.807, 2.05) is 4.90 Å². The molecule has 1 aromatic carbocycles. The molecule has 1 aliphatic heterocycles. The molecular weight excluding hydrogens is 348 g/mol. The van der Waals surface area contributed by atoms with Crippen molar-refractivity contribution in [2.45, 2.75) is 24.3 Å². The average molecular weight is 366 g/mol. The summed E-state index contributed by atoms with van der Waals surface area (Å²) in [6, 6.07) is 9.04. The molecule has 1 aliphatic carbocycles. The van der Waals surface area contributed by atoms with Crippen molar-refractivity contribution in [2.24, 2.45) is 0 Å². The number of nitriles is 1. The number of piperazine rings is 1. The second kappa shape index (κ2) is 6.52. The predicted octanol–water partition coefficient (Wildman–Crippen LogP) is 1.15. The third kappa shape index (κ3) is 2.96. The van der Waals surface area contributed by atoms with Gasteiger partial charge in [0, 0.05) is 31.1 Å². The Morgan fingerprint density at radius 3 is 2.89 bits per heavy atom. The van der Waals surface area contributed by atoms with E-state index in [-0.39, 0.29) is 24.0 Å². The first-order chi connectivity index (χ1) is 13.0. The van der Waals surface area contributed by atoms with Crippen LogP contribution in [0.5, 0.6) is 0 Å². The number of carboxylic acids is 1. The van der Waals surface area contributed by atoms with Crippen LogP contribution in [-0.2, 0) is 11.2 Å². The number of carbonyl (C=O) groups is 2. The van der Waals surface area contributed by atoms with E-state index in [0.29, 0.717) is 37.2 Å². The molecule has 2 atom stereocenters. The van der Waals surface area contributed by atoms with Crippen molar-refractivity contribution >= 4 is 11.9 Å². The summed E-state index contributed by atoms with van der Waals surface area (Å²) in [5.74, 6) is -1.41. The zero-order valence-electron chi connectivity index (χ0n) is 14.5. The molecule has 1 saturated heterocycles. The van der Waals surface area contributed by atoms with Crippen LogP contribution in [-0.4, -0.2) is 52.2 Å². The third-order valence-corrected chi connectivity index (χ3v) is 5.43. The van der Waals surface area contributed by atoms with Gasteiger partial charge in [0.2, 0.25) is 11.7 Å². The highest BCUT2D eigenvalue weighted by Gasteiger charge is 2.62. The Kier molecular flexibility index (Phi) is 4.16. The van der Waals surface area contributed by atoms with Crippen molar-refractivity contribution in [1.82, 2.24) is 15.4 Å². The molecule has 1 amide bonds. The molecule has 27 heavy (non-hydrogen) atoms. The molecular formula is C19H18N4O4. The van der Waals surface area contributed by atoms with E-state index in [1.165, 1.54) is 6.20 Å². The zero-order valence-corrected chi connectivity index (χ0v) is 14.5. The second-order valence-corrected chi connectivity index (χ2v) is 6.98. The van der Waals surface area contributed by atoms with E-state index in [4.69, 9.17) is 9.78 Å². The first-order valence-electron chi connectivity index (χ1n) is 8.73. The van der Waals surface area contributed by atoms with E-state index in [0.717, 1.165) is 5.56 Å². The van der Waals surface area contributed by atoms with Crippen LogP contribution in [0.4, 0.5) is 0 Å². The number of carboxylic acid groups (broad SMARTS) is 1. The molecule has 2 aliphatic rings. The Hall–Kier alpha value is -3.18. The Bertz CT molecular complexity index is 930. The summed E-state index contributed by atoms with van der Waals surface area (Å²) in [7, 11) is 0. The van der Waals surface area contributed by atoms with Gasteiger partial charge < -0.3 is 19.8 Å². The van der Waals surface area contributed by atoms with Crippen molar-refractivity contribution in [2.75, 3.05) is 19.6 Å². The van der Waals surface area contributed by atoms with Crippen LogP contribution in [0.15, 0.2) is 35.0 Å². The van der Waals surface area contributed by atoms with Crippen molar-refractivity contribution in [3.8, 4) is 6.07 Å². The van der Waals surface area contributed by atoms with Gasteiger partial charge in [0.05, 0.1) is 29.8 Å². The highest BCUT2D eigenvalue weighted by Crippen LogP contribution is 2.56. The molecule has 4 rings (SSSR count). The fourth-order valence-electron chi connectivity index (χ4n) is 4.00. The predicted molar refractivity (Wildman–Crippen MR) is 93.0 cm³/mol. The molecule has 8 heteroatoms. The van der Waals surface area contributed by atoms with Crippen molar-refractivity contribution < 1.29 is 19.2 Å². The van der Waals surface area contributed by atoms with Gasteiger partial charge in [-0.1, -0.05) is 17.3 Å². The number of benzene rings is 1. The number of hydrogen-bond donors (Lipinski definition) is 2. The normalized spacial score (nSPS) is 23.8. The second-order valence-electron chi connectivity index (χ2n) is 6.98. The van der Waals surface area contributed by atoms with Gasteiger partial charge in [0.1, 0.15) is 0 Å². The van der Waals surface area contributed by atoms with E-state index < -0.39 is 11.5 Å². The Morgan fingerprint density at radius 2 is 2.19 bits per heavy atom. The maximum absolute atomic E-state index is 13.0. The zero-order chi connectivity index (χ0) is 19.0. The lowest BCUT2D eigenvalue weighted by molar-refractivity contribution is -0.134. The topological polar surface area (TPSA) is 119 Å². The molecule has 2 aromatic rings. The summed E-state index contributed by atoms with van der Waals surface area (Å²) in [5, 5.41) is 25.1. The molecule has 2 unspecified atom stereocenters. The SMILES string of the molecule is N#Cc1ccc(CC(=O)N2CCNCC23CC3c2cnoc2C(=O)O)cc1. The summed E-state index contributed by atoms with van der Waals surface area (Å²) in [4.78, 5) is 26.2. The molecule has 138 valence electrons. The van der Waals surface area contributed by atoms with Gasteiger partial charge in [-0.05, 0) is 24.1 Å². The van der Waals surface area contributed by atoms with Crippen molar-refractivity contribution in [3.05, 3.63) is 52.9 Å². The van der Waals surface area contributed by atoms with Gasteiger partial charge in [-0.15, -0.1) is 0 Å². The lowest BCUT2D eigenvalue weighted by Crippen LogP contribution is -2.56. The van der Waals surface area contributed by atoms with Crippen LogP contribution < -0.4 is 5.32 Å². The van der Waals surface area contributed by atoms with Gasteiger partial charge in [0.25, 0.3) is 0 Å². The molecule has 1 spiro atoms. The standard InChI is InChI=1S/C19H18N4O4/c20-9-13-3-1-12(2-4-13)7-16(24)23-6-5-21-11-19(23)8-15(19)14-10-22-27-17(14)18(25)26/h1-4,10,15,21H,5-8,11H2,(H,25,26). The number of hydrogen-bond acceptors (Lipinski definition) is 6. The van der Waals surface area contributed by atoms with Crippen LogP contribution in [0.3, 0.4) is 0 Å². The Balaban J connectivity index is 1.54. The summed E-state index contributed by atoms with van der Waals surface area (Å²) >= 11 is 0. The van der Waals surface area contributed by atoms with Crippen molar-refractivity contribution in [1.29, 1.82) is 5.26 Å². The molecule has 0 bridgehead atoms. The van der Waals surface area contributed by atoms with E-state index >= 15 is 0 Å². The number of nitrogens with one attached hydrogen (secondary N) is 1. The van der Waals surface area contributed by atoms with Gasteiger partial charge in [-0.25, -0.2) is 4.79 Å². The smallest absolute Gasteiger partial charge is 0.375 e. The van der Waals surface area contributed by atoms with Crippen LogP contribution in [0, 0.1) is 11.3 Å². The molecule has 0 radical (unpaired) electrons. The molecule has 1 saturated carbocycles. The van der Waals surface area contributed by atoms with Gasteiger partial charge in [0.15, 0.2) is 0 Å². The molecule has 2 fully saturated rings. The van der Waals surface area contributed by atoms with Crippen LogP contribution in [0.2, 0.25) is 0 Å². The van der Waals surface area contributed by atoms with Gasteiger partial charge >= 0.3 is 5.97 Å². The molecule has 2 N–H and O–H groups in total. The van der Waals surface area contributed by atoms with Crippen LogP contribution >= 0.6 is 0 Å². The van der Waals surface area contributed by atoms with E-state index in [9.17, 15) is 14.7 Å². The number of aromatic carboxylic acids is 1. The minimum Gasteiger partial charge on any atom is -0.475 e. The number of rotatable bonds is 4. The van der Waals surface area contributed by atoms with Crippen LogP contribution in [0.1, 0.15) is 39.6 Å². The maximum Gasteiger partial charge on any atom is 0.375 e.